The first kappa shape index (κ1) is 27.4. The predicted octanol–water partition coefficient (Wildman–Crippen LogP) is 5.01. The number of nitrogens with one attached hydrogen (secondary N) is 2. The highest BCUT2D eigenvalue weighted by Crippen LogP contribution is 2.28. The van der Waals surface area contributed by atoms with Crippen LogP contribution in [0.2, 0.25) is 0 Å². The van der Waals surface area contributed by atoms with Crippen molar-refractivity contribution in [2.45, 2.75) is 25.7 Å². The minimum absolute atomic E-state index is 0.0401. The molecule has 0 saturated carbocycles. The van der Waals surface area contributed by atoms with Gasteiger partial charge in [-0.05, 0) is 67.2 Å². The first-order valence-corrected chi connectivity index (χ1v) is 12.5. The molecule has 202 valence electrons. The maximum atomic E-state index is 14.7. The van der Waals surface area contributed by atoms with E-state index in [1.54, 1.807) is 23.2 Å². The maximum absolute atomic E-state index is 14.7. The zero-order valence-corrected chi connectivity index (χ0v) is 21.2. The zero-order chi connectivity index (χ0) is 27.8. The third-order valence-electron chi connectivity index (χ3n) is 6.34. The summed E-state index contributed by atoms with van der Waals surface area (Å²) in [5.74, 6) is -1.03. The second-order valence-electron chi connectivity index (χ2n) is 9.21. The Labute approximate surface area is 224 Å². The minimum atomic E-state index is -0.825. The standard InChI is InChI=1S/C29H28F2N4O4/c1-2-28(37)35-13-10-20(11-14-35)15-23-17-24(9-12-32-23)39-26-8-7-22(18-25(26)31)33-29(38)34-27(36)16-19-3-5-21(30)6-4-19/h2-9,12,17-18,20H,1,10-11,13-16H2,(H2,33,34,36,38). The third-order valence-corrected chi connectivity index (χ3v) is 6.34. The van der Waals surface area contributed by atoms with Gasteiger partial charge in [-0.1, -0.05) is 18.7 Å². The summed E-state index contributed by atoms with van der Waals surface area (Å²) >= 11 is 0. The molecule has 1 aromatic heterocycles. The number of rotatable bonds is 8. The number of halogens is 2. The van der Waals surface area contributed by atoms with Gasteiger partial charge in [-0.25, -0.2) is 13.6 Å². The number of amides is 4. The summed E-state index contributed by atoms with van der Waals surface area (Å²) in [7, 11) is 0. The van der Waals surface area contributed by atoms with Crippen molar-refractivity contribution < 1.29 is 27.9 Å². The zero-order valence-electron chi connectivity index (χ0n) is 21.2. The van der Waals surface area contributed by atoms with Crippen molar-refractivity contribution in [2.75, 3.05) is 18.4 Å². The average Bonchev–Trinajstić information content (AvgIpc) is 2.91. The number of pyridine rings is 1. The second-order valence-corrected chi connectivity index (χ2v) is 9.21. The molecule has 0 spiro atoms. The lowest BCUT2D eigenvalue weighted by Crippen LogP contribution is -2.37. The Morgan fingerprint density at radius 1 is 1.05 bits per heavy atom. The van der Waals surface area contributed by atoms with Crippen LogP contribution in [0.1, 0.15) is 24.1 Å². The van der Waals surface area contributed by atoms with Gasteiger partial charge in [-0.15, -0.1) is 0 Å². The molecule has 39 heavy (non-hydrogen) atoms. The second kappa shape index (κ2) is 12.8. The predicted molar refractivity (Wildman–Crippen MR) is 141 cm³/mol. The maximum Gasteiger partial charge on any atom is 0.325 e. The van der Waals surface area contributed by atoms with Crippen LogP contribution < -0.4 is 15.4 Å². The molecule has 2 heterocycles. The number of carbonyl (C=O) groups excluding carboxylic acids is 3. The average molecular weight is 535 g/mol. The van der Waals surface area contributed by atoms with Crippen molar-refractivity contribution in [1.82, 2.24) is 15.2 Å². The smallest absolute Gasteiger partial charge is 0.325 e. The molecule has 2 N–H and O–H groups in total. The topological polar surface area (TPSA) is 101 Å². The Bertz CT molecular complexity index is 1360. The van der Waals surface area contributed by atoms with E-state index in [1.807, 2.05) is 0 Å². The first-order valence-electron chi connectivity index (χ1n) is 12.5. The van der Waals surface area contributed by atoms with Gasteiger partial charge in [0.2, 0.25) is 11.8 Å². The molecule has 8 nitrogen and oxygen atoms in total. The van der Waals surface area contributed by atoms with Crippen molar-refractivity contribution in [1.29, 1.82) is 0 Å². The summed E-state index contributed by atoms with van der Waals surface area (Å²) in [5, 5.41) is 4.55. The normalized spacial score (nSPS) is 13.4. The molecule has 0 bridgehead atoms. The van der Waals surface area contributed by atoms with Crippen LogP contribution in [-0.4, -0.2) is 40.8 Å². The van der Waals surface area contributed by atoms with E-state index in [2.05, 4.69) is 22.2 Å². The Kier molecular flexibility index (Phi) is 8.98. The number of hydrogen-bond donors (Lipinski definition) is 2. The van der Waals surface area contributed by atoms with Gasteiger partial charge >= 0.3 is 6.03 Å². The van der Waals surface area contributed by atoms with Gasteiger partial charge in [0.1, 0.15) is 11.6 Å². The number of aromatic nitrogens is 1. The SMILES string of the molecule is C=CC(=O)N1CCC(Cc2cc(Oc3ccc(NC(=O)NC(=O)Cc4ccc(F)cc4)cc3F)ccn2)CC1. The number of carbonyl (C=O) groups is 3. The highest BCUT2D eigenvalue weighted by molar-refractivity contribution is 6.01. The van der Waals surface area contributed by atoms with Crippen LogP contribution >= 0.6 is 0 Å². The number of hydrogen-bond acceptors (Lipinski definition) is 5. The lowest BCUT2D eigenvalue weighted by atomic mass is 9.92. The van der Waals surface area contributed by atoms with Gasteiger partial charge in [0.25, 0.3) is 0 Å². The van der Waals surface area contributed by atoms with Crippen LogP contribution in [0.4, 0.5) is 19.3 Å². The van der Waals surface area contributed by atoms with Crippen LogP contribution in [0.25, 0.3) is 0 Å². The lowest BCUT2D eigenvalue weighted by Gasteiger charge is -2.31. The molecule has 1 saturated heterocycles. The van der Waals surface area contributed by atoms with Crippen LogP contribution in [0.3, 0.4) is 0 Å². The molecule has 3 aromatic rings. The fraction of sp³-hybridized carbons (Fsp3) is 0.241. The number of urea groups is 1. The van der Waals surface area contributed by atoms with E-state index in [1.165, 1.54) is 42.5 Å². The summed E-state index contributed by atoms with van der Waals surface area (Å²) in [6.07, 6.45) is 5.26. The van der Waals surface area contributed by atoms with E-state index in [-0.39, 0.29) is 23.8 Å². The van der Waals surface area contributed by atoms with Crippen LogP contribution in [0.5, 0.6) is 11.5 Å². The Hall–Kier alpha value is -4.60. The van der Waals surface area contributed by atoms with Gasteiger partial charge in [-0.2, -0.15) is 0 Å². The van der Waals surface area contributed by atoms with E-state index in [0.29, 0.717) is 36.7 Å². The number of imide groups is 1. The monoisotopic (exact) mass is 534 g/mol. The molecular formula is C29H28F2N4O4. The Morgan fingerprint density at radius 2 is 1.79 bits per heavy atom. The van der Waals surface area contributed by atoms with Crippen molar-refractivity contribution in [3.63, 3.8) is 0 Å². The molecule has 0 atom stereocenters. The molecule has 0 unspecified atom stereocenters. The van der Waals surface area contributed by atoms with Gasteiger partial charge in [0.05, 0.1) is 6.42 Å². The summed E-state index contributed by atoms with van der Waals surface area (Å²) < 4.78 is 33.4. The molecule has 10 heteroatoms. The minimum Gasteiger partial charge on any atom is -0.454 e. The van der Waals surface area contributed by atoms with Crippen molar-refractivity contribution in [3.8, 4) is 11.5 Å². The number of nitrogens with zero attached hydrogens (tertiary/aromatic N) is 2. The van der Waals surface area contributed by atoms with E-state index in [4.69, 9.17) is 4.74 Å². The van der Waals surface area contributed by atoms with E-state index < -0.39 is 23.6 Å². The number of piperidine rings is 1. The first-order chi connectivity index (χ1) is 18.8. The largest absolute Gasteiger partial charge is 0.454 e. The quantitative estimate of drug-likeness (QED) is 0.396. The van der Waals surface area contributed by atoms with E-state index in [0.717, 1.165) is 24.6 Å². The van der Waals surface area contributed by atoms with Crippen LogP contribution in [0.15, 0.2) is 73.4 Å². The molecule has 1 aliphatic rings. The molecule has 2 aromatic carbocycles. The number of anilines is 1. The van der Waals surface area contributed by atoms with Crippen molar-refractivity contribution in [2.24, 2.45) is 5.92 Å². The van der Waals surface area contributed by atoms with Gasteiger partial charge in [-0.3, -0.25) is 19.9 Å². The fourth-order valence-electron chi connectivity index (χ4n) is 4.32. The Balaban J connectivity index is 1.29. The molecule has 0 radical (unpaired) electrons. The summed E-state index contributed by atoms with van der Waals surface area (Å²) in [6, 6.07) is 11.8. The Morgan fingerprint density at radius 3 is 2.49 bits per heavy atom. The fourth-order valence-corrected chi connectivity index (χ4v) is 4.32. The van der Waals surface area contributed by atoms with E-state index in [9.17, 15) is 23.2 Å². The summed E-state index contributed by atoms with van der Waals surface area (Å²) in [6.45, 7) is 4.89. The number of ether oxygens (including phenoxy) is 1. The van der Waals surface area contributed by atoms with Crippen molar-refractivity contribution >= 4 is 23.5 Å². The number of likely N-dealkylation sites (tertiary alicyclic amines) is 1. The highest BCUT2D eigenvalue weighted by atomic mass is 19.1. The van der Waals surface area contributed by atoms with Crippen LogP contribution in [-0.2, 0) is 22.4 Å². The van der Waals surface area contributed by atoms with Gasteiger partial charge < -0.3 is 15.0 Å². The van der Waals surface area contributed by atoms with Crippen LogP contribution in [0, 0.1) is 17.6 Å². The van der Waals surface area contributed by atoms with Gasteiger partial charge in [0, 0.05) is 42.8 Å². The molecule has 1 aliphatic heterocycles. The van der Waals surface area contributed by atoms with E-state index >= 15 is 0 Å². The summed E-state index contributed by atoms with van der Waals surface area (Å²) in [5.41, 5.74) is 1.48. The third kappa shape index (κ3) is 7.94. The molecule has 1 fully saturated rings. The highest BCUT2D eigenvalue weighted by Gasteiger charge is 2.22. The summed E-state index contributed by atoms with van der Waals surface area (Å²) in [4.78, 5) is 42.1. The molecule has 4 rings (SSSR count). The number of benzene rings is 2. The lowest BCUT2D eigenvalue weighted by molar-refractivity contribution is -0.127. The molecule has 4 amide bonds. The van der Waals surface area contributed by atoms with Crippen molar-refractivity contribution in [3.05, 3.63) is 96.3 Å². The van der Waals surface area contributed by atoms with Gasteiger partial charge in [0.15, 0.2) is 11.6 Å². The molecular weight excluding hydrogens is 506 g/mol. The molecule has 0 aliphatic carbocycles.